The standard InChI is InChI=1S/C26H16BrClFNO/c27-24-12-17(11-21(15-30)19-7-4-9-22(29)14-19)13-25(28)26(24)31-16-20-8-3-6-18-5-1-2-10-23(18)20/h1-14H,16H2/b21-11-. The average molecular weight is 493 g/mol. The van der Waals surface area contributed by atoms with Crippen molar-refractivity contribution in [2.24, 2.45) is 0 Å². The van der Waals surface area contributed by atoms with E-state index in [1.165, 1.54) is 12.1 Å². The Morgan fingerprint density at radius 1 is 1.03 bits per heavy atom. The second kappa shape index (κ2) is 9.34. The third-order valence-corrected chi connectivity index (χ3v) is 5.71. The fraction of sp³-hybridized carbons (Fsp3) is 0.0385. The van der Waals surface area contributed by atoms with Crippen molar-refractivity contribution in [2.75, 3.05) is 0 Å². The lowest BCUT2D eigenvalue weighted by Crippen LogP contribution is -1.98. The summed E-state index contributed by atoms with van der Waals surface area (Å²) in [5.41, 5.74) is 2.61. The number of halogens is 3. The smallest absolute Gasteiger partial charge is 0.152 e. The molecule has 5 heteroatoms. The van der Waals surface area contributed by atoms with Gasteiger partial charge in [0.05, 0.1) is 21.1 Å². The van der Waals surface area contributed by atoms with Gasteiger partial charge in [-0.25, -0.2) is 4.39 Å². The number of hydrogen-bond donors (Lipinski definition) is 0. The zero-order valence-corrected chi connectivity index (χ0v) is 18.6. The summed E-state index contributed by atoms with van der Waals surface area (Å²) in [4.78, 5) is 0. The average Bonchev–Trinajstić information content (AvgIpc) is 2.77. The highest BCUT2D eigenvalue weighted by Gasteiger charge is 2.11. The van der Waals surface area contributed by atoms with Crippen LogP contribution in [0.3, 0.4) is 0 Å². The van der Waals surface area contributed by atoms with Crippen molar-refractivity contribution < 1.29 is 9.13 Å². The van der Waals surface area contributed by atoms with Gasteiger partial charge in [0, 0.05) is 0 Å². The van der Waals surface area contributed by atoms with Crippen molar-refractivity contribution >= 4 is 50.0 Å². The summed E-state index contributed by atoms with van der Waals surface area (Å²) in [7, 11) is 0. The Labute approximate surface area is 193 Å². The van der Waals surface area contributed by atoms with Crippen molar-refractivity contribution in [1.29, 1.82) is 5.26 Å². The number of nitrogens with zero attached hydrogens (tertiary/aromatic N) is 1. The number of ether oxygens (including phenoxy) is 1. The van der Waals surface area contributed by atoms with Gasteiger partial charge in [0.1, 0.15) is 12.4 Å². The number of benzene rings is 4. The quantitative estimate of drug-likeness (QED) is 0.209. The molecule has 4 aromatic carbocycles. The molecule has 0 heterocycles. The summed E-state index contributed by atoms with van der Waals surface area (Å²) in [6.07, 6.45) is 1.67. The van der Waals surface area contributed by atoms with E-state index in [1.54, 1.807) is 24.3 Å². The maximum Gasteiger partial charge on any atom is 0.152 e. The maximum atomic E-state index is 13.5. The van der Waals surface area contributed by atoms with Gasteiger partial charge in [-0.2, -0.15) is 5.26 Å². The zero-order valence-electron chi connectivity index (χ0n) is 16.3. The molecule has 31 heavy (non-hydrogen) atoms. The van der Waals surface area contributed by atoms with Gasteiger partial charge >= 0.3 is 0 Å². The Hall–Kier alpha value is -3.13. The Balaban J connectivity index is 1.61. The molecule has 0 aromatic heterocycles. The van der Waals surface area contributed by atoms with Crippen LogP contribution in [0.4, 0.5) is 4.39 Å². The predicted octanol–water partition coefficient (Wildman–Crippen LogP) is 8.04. The predicted molar refractivity (Wildman–Crippen MR) is 127 cm³/mol. The first kappa shape index (κ1) is 21.1. The molecule has 0 aliphatic heterocycles. The summed E-state index contributed by atoms with van der Waals surface area (Å²) in [6.45, 7) is 0.363. The summed E-state index contributed by atoms with van der Waals surface area (Å²) >= 11 is 10.0. The molecule has 0 amide bonds. The first-order chi connectivity index (χ1) is 15.0. The third kappa shape index (κ3) is 4.80. The van der Waals surface area contributed by atoms with Crippen molar-refractivity contribution in [3.8, 4) is 11.8 Å². The maximum absolute atomic E-state index is 13.5. The fourth-order valence-electron chi connectivity index (χ4n) is 3.37. The van der Waals surface area contributed by atoms with Gasteiger partial charge in [-0.05, 0) is 73.7 Å². The van der Waals surface area contributed by atoms with Crippen LogP contribution >= 0.6 is 27.5 Å². The minimum Gasteiger partial charge on any atom is -0.486 e. The molecule has 4 aromatic rings. The molecule has 0 unspecified atom stereocenters. The van der Waals surface area contributed by atoms with E-state index in [2.05, 4.69) is 40.2 Å². The minimum atomic E-state index is -0.393. The van der Waals surface area contributed by atoms with Gasteiger partial charge in [0.25, 0.3) is 0 Å². The lowest BCUT2D eigenvalue weighted by atomic mass is 10.0. The zero-order chi connectivity index (χ0) is 21.8. The molecule has 0 saturated heterocycles. The highest BCUT2D eigenvalue weighted by molar-refractivity contribution is 9.10. The highest BCUT2D eigenvalue weighted by atomic mass is 79.9. The third-order valence-electron chi connectivity index (χ3n) is 4.84. The molecule has 2 nitrogen and oxygen atoms in total. The van der Waals surface area contributed by atoms with E-state index in [1.807, 2.05) is 30.3 Å². The number of hydrogen-bond acceptors (Lipinski definition) is 2. The van der Waals surface area contributed by atoms with Gasteiger partial charge in [-0.1, -0.05) is 66.2 Å². The first-order valence-corrected chi connectivity index (χ1v) is 10.7. The van der Waals surface area contributed by atoms with Crippen LogP contribution in [-0.2, 0) is 6.61 Å². The van der Waals surface area contributed by atoms with E-state index >= 15 is 0 Å². The molecule has 152 valence electrons. The molecule has 0 bridgehead atoms. The summed E-state index contributed by atoms with van der Waals surface area (Å²) in [5, 5.41) is 12.2. The minimum absolute atomic E-state index is 0.340. The summed E-state index contributed by atoms with van der Waals surface area (Å²) in [5.74, 6) is 0.131. The number of rotatable bonds is 5. The van der Waals surface area contributed by atoms with E-state index in [-0.39, 0.29) is 0 Å². The fourth-order valence-corrected chi connectivity index (χ4v) is 4.36. The number of allylic oxidation sites excluding steroid dienone is 1. The first-order valence-electron chi connectivity index (χ1n) is 9.51. The van der Waals surface area contributed by atoms with Crippen LogP contribution in [0, 0.1) is 17.1 Å². The Kier molecular flexibility index (Phi) is 6.36. The Morgan fingerprint density at radius 2 is 1.81 bits per heavy atom. The molecule has 0 atom stereocenters. The van der Waals surface area contributed by atoms with Crippen LogP contribution in [0.15, 0.2) is 83.3 Å². The summed E-state index contributed by atoms with van der Waals surface area (Å²) in [6, 6.07) is 25.8. The van der Waals surface area contributed by atoms with Gasteiger partial charge in [-0.15, -0.1) is 0 Å². The Bertz CT molecular complexity index is 1310. The van der Waals surface area contributed by atoms with Crippen molar-refractivity contribution in [2.45, 2.75) is 6.61 Å². The molecule has 0 fully saturated rings. The molecule has 0 aliphatic carbocycles. The van der Waals surface area contributed by atoms with E-state index in [0.29, 0.717) is 38.6 Å². The van der Waals surface area contributed by atoms with Gasteiger partial charge in [-0.3, -0.25) is 0 Å². The van der Waals surface area contributed by atoms with Crippen molar-refractivity contribution in [3.63, 3.8) is 0 Å². The molecule has 4 rings (SSSR count). The number of fused-ring (bicyclic) bond motifs is 1. The lowest BCUT2D eigenvalue weighted by molar-refractivity contribution is 0.306. The second-order valence-electron chi connectivity index (χ2n) is 6.92. The van der Waals surface area contributed by atoms with Crippen molar-refractivity contribution in [3.05, 3.63) is 111 Å². The summed E-state index contributed by atoms with van der Waals surface area (Å²) < 4.78 is 20.2. The van der Waals surface area contributed by atoms with Gasteiger partial charge < -0.3 is 4.74 Å². The molecule has 0 saturated carbocycles. The van der Waals surface area contributed by atoms with Gasteiger partial charge in [0.15, 0.2) is 5.75 Å². The molecular formula is C26H16BrClFNO. The van der Waals surface area contributed by atoms with E-state index in [4.69, 9.17) is 16.3 Å². The van der Waals surface area contributed by atoms with Crippen LogP contribution in [0.5, 0.6) is 5.75 Å². The van der Waals surface area contributed by atoms with Crippen LogP contribution in [0.2, 0.25) is 5.02 Å². The normalized spacial score (nSPS) is 11.4. The van der Waals surface area contributed by atoms with E-state index < -0.39 is 5.82 Å². The van der Waals surface area contributed by atoms with Crippen LogP contribution < -0.4 is 4.74 Å². The lowest BCUT2D eigenvalue weighted by Gasteiger charge is -2.13. The van der Waals surface area contributed by atoms with Crippen LogP contribution in [0.1, 0.15) is 16.7 Å². The molecular weight excluding hydrogens is 477 g/mol. The van der Waals surface area contributed by atoms with E-state index in [0.717, 1.165) is 16.3 Å². The molecule has 0 radical (unpaired) electrons. The largest absolute Gasteiger partial charge is 0.486 e. The van der Waals surface area contributed by atoms with Gasteiger partial charge in [0.2, 0.25) is 0 Å². The monoisotopic (exact) mass is 491 g/mol. The van der Waals surface area contributed by atoms with Crippen LogP contribution in [0.25, 0.3) is 22.4 Å². The number of nitriles is 1. The SMILES string of the molecule is N#C/C(=C/c1cc(Cl)c(OCc2cccc3ccccc23)c(Br)c1)c1cccc(F)c1. The van der Waals surface area contributed by atoms with E-state index in [9.17, 15) is 9.65 Å². The highest BCUT2D eigenvalue weighted by Crippen LogP contribution is 2.36. The molecule has 0 spiro atoms. The molecule has 0 aliphatic rings. The second-order valence-corrected chi connectivity index (χ2v) is 8.18. The van der Waals surface area contributed by atoms with Crippen molar-refractivity contribution in [1.82, 2.24) is 0 Å². The topological polar surface area (TPSA) is 33.0 Å². The molecule has 0 N–H and O–H groups in total. The Morgan fingerprint density at radius 3 is 2.58 bits per heavy atom. The van der Waals surface area contributed by atoms with Crippen LogP contribution in [-0.4, -0.2) is 0 Å².